The van der Waals surface area contributed by atoms with E-state index in [1.807, 2.05) is 0 Å². The van der Waals surface area contributed by atoms with Gasteiger partial charge in [-0.1, -0.05) is 25.3 Å². The SMILES string of the molecule is Cn1c(O)c(N=Nc2cccc3c2C(=O)N(C2CCCCC2)C3=O)c(=O)n(C)c1=O. The van der Waals surface area contributed by atoms with E-state index >= 15 is 0 Å². The lowest BCUT2D eigenvalue weighted by Crippen LogP contribution is -2.40. The molecule has 4 rings (SSSR count). The number of amides is 2. The molecule has 0 atom stereocenters. The molecule has 2 amide bonds. The summed E-state index contributed by atoms with van der Waals surface area (Å²) in [5.41, 5.74) is -1.45. The minimum Gasteiger partial charge on any atom is -0.493 e. The summed E-state index contributed by atoms with van der Waals surface area (Å²) in [6.07, 6.45) is 4.60. The third-order valence-electron chi connectivity index (χ3n) is 5.73. The van der Waals surface area contributed by atoms with Crippen molar-refractivity contribution in [1.82, 2.24) is 14.0 Å². The maximum absolute atomic E-state index is 13.1. The molecular formula is C20H21N5O5. The second-order valence-electron chi connectivity index (χ2n) is 7.55. The van der Waals surface area contributed by atoms with Crippen molar-refractivity contribution in [1.29, 1.82) is 0 Å². The summed E-state index contributed by atoms with van der Waals surface area (Å²) in [7, 11) is 2.55. The Hall–Kier alpha value is -3.56. The molecule has 10 nitrogen and oxygen atoms in total. The normalized spacial score (nSPS) is 17.2. The van der Waals surface area contributed by atoms with E-state index in [4.69, 9.17) is 0 Å². The summed E-state index contributed by atoms with van der Waals surface area (Å²) in [5, 5.41) is 17.9. The van der Waals surface area contributed by atoms with Gasteiger partial charge in [0.15, 0.2) is 0 Å². The molecule has 1 aliphatic carbocycles. The van der Waals surface area contributed by atoms with E-state index in [2.05, 4.69) is 10.2 Å². The van der Waals surface area contributed by atoms with Gasteiger partial charge in [-0.25, -0.2) is 4.79 Å². The molecule has 1 N–H and O–H groups in total. The van der Waals surface area contributed by atoms with Crippen molar-refractivity contribution < 1.29 is 14.7 Å². The molecule has 1 aromatic heterocycles. The van der Waals surface area contributed by atoms with Crippen LogP contribution in [0, 0.1) is 0 Å². The zero-order valence-electron chi connectivity index (χ0n) is 16.7. The number of hydrogen-bond acceptors (Lipinski definition) is 7. The monoisotopic (exact) mass is 411 g/mol. The second kappa shape index (κ2) is 7.36. The van der Waals surface area contributed by atoms with Crippen LogP contribution in [0.4, 0.5) is 11.4 Å². The highest BCUT2D eigenvalue weighted by molar-refractivity contribution is 6.23. The summed E-state index contributed by atoms with van der Waals surface area (Å²) in [4.78, 5) is 51.4. The standard InChI is InChI=1S/C20H21N5O5/c1-23-18(28)15(19(29)24(2)20(23)30)22-21-13-10-6-9-12-14(13)17(27)25(16(12)26)11-7-4-3-5-8-11/h6,9-11,28H,3-5,7-8H2,1-2H3. The summed E-state index contributed by atoms with van der Waals surface area (Å²) >= 11 is 0. The maximum Gasteiger partial charge on any atom is 0.333 e. The first-order chi connectivity index (χ1) is 14.3. The molecule has 0 saturated heterocycles. The number of aromatic hydroxyl groups is 1. The topological polar surface area (TPSA) is 126 Å². The average molecular weight is 411 g/mol. The summed E-state index contributed by atoms with van der Waals surface area (Å²) in [5.74, 6) is -1.40. The van der Waals surface area contributed by atoms with Gasteiger partial charge in [-0.15, -0.1) is 10.2 Å². The molecule has 2 heterocycles. The predicted molar refractivity (Wildman–Crippen MR) is 107 cm³/mol. The number of fused-ring (bicyclic) bond motifs is 1. The Labute approximate surface area is 171 Å². The number of benzene rings is 1. The van der Waals surface area contributed by atoms with Gasteiger partial charge in [0.05, 0.1) is 16.8 Å². The van der Waals surface area contributed by atoms with E-state index in [0.29, 0.717) is 0 Å². The van der Waals surface area contributed by atoms with Gasteiger partial charge in [0.2, 0.25) is 11.6 Å². The summed E-state index contributed by atoms with van der Waals surface area (Å²) in [6.45, 7) is 0. The third kappa shape index (κ3) is 2.95. The van der Waals surface area contributed by atoms with Gasteiger partial charge in [0.25, 0.3) is 17.4 Å². The smallest absolute Gasteiger partial charge is 0.333 e. The Morgan fingerprint density at radius 1 is 0.933 bits per heavy atom. The number of aromatic nitrogens is 2. The maximum atomic E-state index is 13.1. The van der Waals surface area contributed by atoms with Crippen LogP contribution in [0.15, 0.2) is 38.0 Å². The Morgan fingerprint density at radius 3 is 2.33 bits per heavy atom. The fourth-order valence-corrected chi connectivity index (χ4v) is 4.05. The van der Waals surface area contributed by atoms with Crippen molar-refractivity contribution in [2.45, 2.75) is 38.1 Å². The van der Waals surface area contributed by atoms with Gasteiger partial charge in [0.1, 0.15) is 0 Å². The lowest BCUT2D eigenvalue weighted by molar-refractivity contribution is 0.0549. The van der Waals surface area contributed by atoms with Crippen LogP contribution < -0.4 is 11.2 Å². The highest BCUT2D eigenvalue weighted by atomic mass is 16.3. The Bertz CT molecular complexity index is 1200. The third-order valence-corrected chi connectivity index (χ3v) is 5.73. The number of nitrogens with zero attached hydrogens (tertiary/aromatic N) is 5. The van der Waals surface area contributed by atoms with E-state index in [-0.39, 0.29) is 28.8 Å². The van der Waals surface area contributed by atoms with Crippen molar-refractivity contribution >= 4 is 23.2 Å². The molecule has 0 spiro atoms. The minimum absolute atomic E-state index is 0.125. The highest BCUT2D eigenvalue weighted by Gasteiger charge is 2.41. The molecule has 10 heteroatoms. The number of imide groups is 1. The molecule has 0 radical (unpaired) electrons. The van der Waals surface area contributed by atoms with Crippen LogP contribution in [0.5, 0.6) is 5.88 Å². The average Bonchev–Trinajstić information content (AvgIpc) is 3.02. The Balaban J connectivity index is 1.76. The molecule has 0 unspecified atom stereocenters. The number of rotatable bonds is 3. The van der Waals surface area contributed by atoms with Gasteiger partial charge in [-0.3, -0.25) is 28.4 Å². The van der Waals surface area contributed by atoms with Gasteiger partial charge in [0, 0.05) is 20.1 Å². The van der Waals surface area contributed by atoms with Crippen LogP contribution in [-0.2, 0) is 14.1 Å². The van der Waals surface area contributed by atoms with Gasteiger partial charge in [-0.2, -0.15) is 0 Å². The fourth-order valence-electron chi connectivity index (χ4n) is 4.05. The molecule has 1 aromatic carbocycles. The van der Waals surface area contributed by atoms with Crippen LogP contribution in [0.25, 0.3) is 0 Å². The van der Waals surface area contributed by atoms with E-state index in [9.17, 15) is 24.3 Å². The number of carbonyl (C=O) groups is 2. The number of carbonyl (C=O) groups excluding carboxylic acids is 2. The van der Waals surface area contributed by atoms with Crippen molar-refractivity contribution in [2.75, 3.05) is 0 Å². The van der Waals surface area contributed by atoms with E-state index in [1.165, 1.54) is 25.1 Å². The number of azo groups is 1. The largest absolute Gasteiger partial charge is 0.493 e. The first-order valence-corrected chi connectivity index (χ1v) is 9.74. The van der Waals surface area contributed by atoms with E-state index in [1.54, 1.807) is 12.1 Å². The Morgan fingerprint density at radius 2 is 1.63 bits per heavy atom. The molecule has 156 valence electrons. The Kier molecular flexibility index (Phi) is 4.84. The van der Waals surface area contributed by atoms with Crippen LogP contribution in [0.1, 0.15) is 52.8 Å². The van der Waals surface area contributed by atoms with Crippen molar-refractivity contribution in [3.8, 4) is 5.88 Å². The molecule has 2 aliphatic rings. The van der Waals surface area contributed by atoms with Gasteiger partial charge < -0.3 is 5.11 Å². The number of hydrogen-bond donors (Lipinski definition) is 1. The molecule has 1 fully saturated rings. The van der Waals surface area contributed by atoms with Crippen LogP contribution >= 0.6 is 0 Å². The van der Waals surface area contributed by atoms with Crippen molar-refractivity contribution in [3.05, 3.63) is 50.2 Å². The summed E-state index contributed by atoms with van der Waals surface area (Å²) in [6, 6.07) is 4.54. The zero-order chi connectivity index (χ0) is 21.6. The second-order valence-corrected chi connectivity index (χ2v) is 7.55. The van der Waals surface area contributed by atoms with Gasteiger partial charge in [-0.05, 0) is 25.0 Å². The van der Waals surface area contributed by atoms with E-state index in [0.717, 1.165) is 41.2 Å². The van der Waals surface area contributed by atoms with Crippen LogP contribution in [0.3, 0.4) is 0 Å². The highest BCUT2D eigenvalue weighted by Crippen LogP contribution is 2.36. The van der Waals surface area contributed by atoms with Crippen molar-refractivity contribution in [2.24, 2.45) is 24.3 Å². The molecule has 1 saturated carbocycles. The summed E-state index contributed by atoms with van der Waals surface area (Å²) < 4.78 is 1.66. The van der Waals surface area contributed by atoms with E-state index < -0.39 is 28.7 Å². The van der Waals surface area contributed by atoms with Crippen LogP contribution in [0.2, 0.25) is 0 Å². The first-order valence-electron chi connectivity index (χ1n) is 9.74. The molecular weight excluding hydrogens is 390 g/mol. The minimum atomic E-state index is -0.821. The molecule has 1 aliphatic heterocycles. The fraction of sp³-hybridized carbons (Fsp3) is 0.400. The van der Waals surface area contributed by atoms with Crippen molar-refractivity contribution in [3.63, 3.8) is 0 Å². The molecule has 30 heavy (non-hydrogen) atoms. The lowest BCUT2D eigenvalue weighted by atomic mass is 9.94. The zero-order valence-corrected chi connectivity index (χ0v) is 16.7. The van der Waals surface area contributed by atoms with Crippen LogP contribution in [-0.4, -0.2) is 37.0 Å². The van der Waals surface area contributed by atoms with Gasteiger partial charge >= 0.3 is 5.69 Å². The first kappa shape index (κ1) is 19.7. The molecule has 0 bridgehead atoms. The quantitative estimate of drug-likeness (QED) is 0.612. The molecule has 2 aromatic rings. The predicted octanol–water partition coefficient (Wildman–Crippen LogP) is 2.13. The lowest BCUT2D eigenvalue weighted by Gasteiger charge is -2.29.